The summed E-state index contributed by atoms with van der Waals surface area (Å²) in [6.45, 7) is 6.44. The largest absolute Gasteiger partial charge is 0.395 e. The number of hydrogen-bond donors (Lipinski definition) is 3. The van der Waals surface area contributed by atoms with Crippen molar-refractivity contribution in [2.75, 3.05) is 51.2 Å². The van der Waals surface area contributed by atoms with Crippen molar-refractivity contribution in [3.63, 3.8) is 0 Å². The molecule has 1 amide bonds. The molecule has 0 atom stereocenters. The predicted molar refractivity (Wildman–Crippen MR) is 136 cm³/mol. The van der Waals surface area contributed by atoms with Gasteiger partial charge in [0.2, 0.25) is 5.91 Å². The molecule has 0 saturated carbocycles. The topological polar surface area (TPSA) is 110 Å². The number of aliphatic hydroxyl groups is 1. The Morgan fingerprint density at radius 1 is 1.03 bits per heavy atom. The number of H-pyrrole nitrogens is 1. The normalized spacial score (nSPS) is 14.9. The Morgan fingerprint density at radius 3 is 2.63 bits per heavy atom. The van der Waals surface area contributed by atoms with E-state index in [9.17, 15) is 4.79 Å². The van der Waals surface area contributed by atoms with Crippen molar-refractivity contribution in [1.29, 1.82) is 0 Å². The van der Waals surface area contributed by atoms with E-state index >= 15 is 0 Å². The molecule has 5 heterocycles. The van der Waals surface area contributed by atoms with Crippen LogP contribution in [0.5, 0.6) is 0 Å². The molecular weight excluding hydrogens is 442 g/mol. The minimum Gasteiger partial charge on any atom is -0.395 e. The summed E-state index contributed by atoms with van der Waals surface area (Å²) in [5.41, 5.74) is 6.50. The molecule has 1 aliphatic rings. The predicted octanol–water partition coefficient (Wildman–Crippen LogP) is 2.54. The third-order valence-corrected chi connectivity index (χ3v) is 6.32. The van der Waals surface area contributed by atoms with Gasteiger partial charge in [0, 0.05) is 73.7 Å². The summed E-state index contributed by atoms with van der Waals surface area (Å²) in [4.78, 5) is 34.0. The molecule has 4 aromatic heterocycles. The van der Waals surface area contributed by atoms with E-state index in [1.807, 2.05) is 49.5 Å². The lowest BCUT2D eigenvalue weighted by molar-refractivity contribution is -0.117. The zero-order chi connectivity index (χ0) is 24.2. The van der Waals surface area contributed by atoms with Crippen LogP contribution in [-0.4, -0.2) is 86.6 Å². The summed E-state index contributed by atoms with van der Waals surface area (Å²) in [5.74, 6) is 0.414. The van der Waals surface area contributed by atoms with Gasteiger partial charge in [0.25, 0.3) is 0 Å². The Hall–Kier alpha value is -3.66. The van der Waals surface area contributed by atoms with Crippen LogP contribution in [0.1, 0.15) is 5.69 Å². The van der Waals surface area contributed by atoms with E-state index in [-0.39, 0.29) is 12.5 Å². The number of aliphatic hydroxyl groups excluding tert-OH is 1. The fraction of sp³-hybridized carbons (Fsp3) is 0.308. The Bertz CT molecular complexity index is 1310. The zero-order valence-electron chi connectivity index (χ0n) is 19.7. The number of carbonyl (C=O) groups is 1. The van der Waals surface area contributed by atoms with Gasteiger partial charge in [-0.05, 0) is 37.3 Å². The van der Waals surface area contributed by atoms with Gasteiger partial charge in [0.15, 0.2) is 0 Å². The number of aromatic amines is 1. The Morgan fingerprint density at radius 2 is 1.86 bits per heavy atom. The number of nitrogens with zero attached hydrogens (tertiary/aromatic N) is 5. The molecule has 0 unspecified atom stereocenters. The monoisotopic (exact) mass is 471 g/mol. The van der Waals surface area contributed by atoms with Crippen LogP contribution in [0.3, 0.4) is 0 Å². The third-order valence-electron chi connectivity index (χ3n) is 6.32. The molecule has 0 spiro atoms. The number of rotatable bonds is 7. The van der Waals surface area contributed by atoms with Crippen LogP contribution in [-0.2, 0) is 4.79 Å². The maximum Gasteiger partial charge on any atom is 0.239 e. The van der Waals surface area contributed by atoms with E-state index in [1.54, 1.807) is 12.4 Å². The summed E-state index contributed by atoms with van der Waals surface area (Å²) in [5, 5.41) is 12.0. The van der Waals surface area contributed by atoms with E-state index in [0.29, 0.717) is 18.9 Å². The number of nitrogens with one attached hydrogen (secondary N) is 2. The van der Waals surface area contributed by atoms with Gasteiger partial charge in [-0.2, -0.15) is 0 Å². The molecule has 1 aliphatic heterocycles. The van der Waals surface area contributed by atoms with Gasteiger partial charge in [-0.1, -0.05) is 6.07 Å². The average Bonchev–Trinajstić information content (AvgIpc) is 3.26. The van der Waals surface area contributed by atoms with Crippen LogP contribution in [0.4, 0.5) is 5.82 Å². The van der Waals surface area contributed by atoms with Crippen LogP contribution < -0.4 is 5.32 Å². The standard InChI is InChI=1S/C26H29N7O2/c1-18-4-5-20(16-29-18)24-25(30-21-3-2-7-28-26(21)24)19-6-8-27-22(15-19)31-23(35)17-33-11-9-32(10-12-33)13-14-34/h2-8,15-16,30,34H,9-14,17H2,1H3,(H,27,31,35). The molecule has 180 valence electrons. The van der Waals surface area contributed by atoms with Crippen LogP contribution in [0.15, 0.2) is 55.0 Å². The molecule has 4 aromatic rings. The summed E-state index contributed by atoms with van der Waals surface area (Å²) in [6.07, 6.45) is 5.35. The van der Waals surface area contributed by atoms with Crippen LogP contribution in [0, 0.1) is 6.92 Å². The molecule has 1 saturated heterocycles. The van der Waals surface area contributed by atoms with Gasteiger partial charge >= 0.3 is 0 Å². The molecule has 35 heavy (non-hydrogen) atoms. The number of aryl methyl sites for hydroxylation is 1. The Balaban J connectivity index is 1.36. The first kappa shape index (κ1) is 23.1. The van der Waals surface area contributed by atoms with Crippen LogP contribution in [0.2, 0.25) is 0 Å². The lowest BCUT2D eigenvalue weighted by Gasteiger charge is -2.33. The quantitative estimate of drug-likeness (QED) is 0.380. The minimum absolute atomic E-state index is 0.0912. The molecular formula is C26H29N7O2. The highest BCUT2D eigenvalue weighted by atomic mass is 16.3. The number of anilines is 1. The lowest BCUT2D eigenvalue weighted by Crippen LogP contribution is -2.49. The third kappa shape index (κ3) is 5.22. The molecule has 0 radical (unpaired) electrons. The number of amides is 1. The second-order valence-electron chi connectivity index (χ2n) is 8.78. The van der Waals surface area contributed by atoms with Crippen molar-refractivity contribution in [2.45, 2.75) is 6.92 Å². The minimum atomic E-state index is -0.0912. The summed E-state index contributed by atoms with van der Waals surface area (Å²) in [6, 6.07) is 11.7. The summed E-state index contributed by atoms with van der Waals surface area (Å²) >= 11 is 0. The molecule has 9 nitrogen and oxygen atoms in total. The number of pyridine rings is 3. The summed E-state index contributed by atoms with van der Waals surface area (Å²) < 4.78 is 0. The molecule has 9 heteroatoms. The van der Waals surface area contributed by atoms with Gasteiger partial charge in [-0.15, -0.1) is 0 Å². The van der Waals surface area contributed by atoms with Crippen molar-refractivity contribution >= 4 is 22.8 Å². The second-order valence-corrected chi connectivity index (χ2v) is 8.78. The van der Waals surface area contributed by atoms with E-state index < -0.39 is 0 Å². The van der Waals surface area contributed by atoms with Gasteiger partial charge in [-0.25, -0.2) is 4.98 Å². The highest BCUT2D eigenvalue weighted by Gasteiger charge is 2.20. The van der Waals surface area contributed by atoms with Gasteiger partial charge in [-0.3, -0.25) is 24.6 Å². The van der Waals surface area contributed by atoms with Crippen molar-refractivity contribution in [3.05, 3.63) is 60.7 Å². The highest BCUT2D eigenvalue weighted by Crippen LogP contribution is 2.37. The number of β-amino-alcohol motifs (C(OH)–C–C–N with tert-alkyl or cyclic N) is 1. The van der Waals surface area contributed by atoms with Crippen molar-refractivity contribution in [3.8, 4) is 22.4 Å². The maximum atomic E-state index is 12.7. The molecule has 0 bridgehead atoms. The fourth-order valence-corrected chi connectivity index (χ4v) is 4.49. The van der Waals surface area contributed by atoms with Crippen LogP contribution >= 0.6 is 0 Å². The highest BCUT2D eigenvalue weighted by molar-refractivity contribution is 6.01. The first-order chi connectivity index (χ1) is 17.1. The Kier molecular flexibility index (Phi) is 6.80. The average molecular weight is 472 g/mol. The summed E-state index contributed by atoms with van der Waals surface area (Å²) in [7, 11) is 0. The van der Waals surface area contributed by atoms with E-state index in [0.717, 1.165) is 65.3 Å². The number of piperazine rings is 1. The Labute approximate surface area is 203 Å². The SMILES string of the molecule is Cc1ccc(-c2c(-c3ccnc(NC(=O)CN4CCN(CCO)CC4)c3)[nH]c3cccnc23)cn1. The van der Waals surface area contributed by atoms with Gasteiger partial charge in [0.1, 0.15) is 5.82 Å². The van der Waals surface area contributed by atoms with Crippen molar-refractivity contribution in [1.82, 2.24) is 29.7 Å². The van der Waals surface area contributed by atoms with Gasteiger partial charge < -0.3 is 15.4 Å². The number of fused-ring (bicyclic) bond motifs is 1. The van der Waals surface area contributed by atoms with E-state index in [2.05, 4.69) is 35.1 Å². The first-order valence-electron chi connectivity index (χ1n) is 11.8. The number of hydrogen-bond acceptors (Lipinski definition) is 7. The first-order valence-corrected chi connectivity index (χ1v) is 11.8. The lowest BCUT2D eigenvalue weighted by atomic mass is 10.0. The van der Waals surface area contributed by atoms with Gasteiger partial charge in [0.05, 0.1) is 29.9 Å². The van der Waals surface area contributed by atoms with E-state index in [4.69, 9.17) is 5.11 Å². The van der Waals surface area contributed by atoms with E-state index in [1.165, 1.54) is 0 Å². The number of aromatic nitrogens is 4. The molecule has 0 aliphatic carbocycles. The fourth-order valence-electron chi connectivity index (χ4n) is 4.49. The smallest absolute Gasteiger partial charge is 0.239 e. The van der Waals surface area contributed by atoms with Crippen molar-refractivity contribution < 1.29 is 9.90 Å². The zero-order valence-corrected chi connectivity index (χ0v) is 19.7. The second kappa shape index (κ2) is 10.3. The molecule has 0 aromatic carbocycles. The van der Waals surface area contributed by atoms with Crippen LogP contribution in [0.25, 0.3) is 33.4 Å². The van der Waals surface area contributed by atoms with Crippen molar-refractivity contribution in [2.24, 2.45) is 0 Å². The molecule has 1 fully saturated rings. The molecule has 3 N–H and O–H groups in total. The molecule has 5 rings (SSSR count). The maximum absolute atomic E-state index is 12.7. The number of carbonyl (C=O) groups excluding carboxylic acids is 1.